The van der Waals surface area contributed by atoms with Gasteiger partial charge in [0.25, 0.3) is 0 Å². The molecule has 2 N–H and O–H groups in total. The Kier molecular flexibility index (Phi) is 1.98. The molecule has 1 heterocycles. The lowest BCUT2D eigenvalue weighted by atomic mass is 10.0. The van der Waals surface area contributed by atoms with Gasteiger partial charge in [-0.05, 0) is 24.1 Å². The number of hydrogen-bond donors (Lipinski definition) is 2. The van der Waals surface area contributed by atoms with Crippen LogP contribution in [0.4, 0.5) is 0 Å². The first kappa shape index (κ1) is 9.43. The molecule has 16 heavy (non-hydrogen) atoms. The van der Waals surface area contributed by atoms with Crippen LogP contribution in [0.15, 0.2) is 36.4 Å². The highest BCUT2D eigenvalue weighted by molar-refractivity contribution is 6.08. The summed E-state index contributed by atoms with van der Waals surface area (Å²) < 4.78 is 0. The maximum absolute atomic E-state index is 9.24. The van der Waals surface area contributed by atoms with Crippen LogP contribution in [0.1, 0.15) is 11.1 Å². The normalized spacial score (nSPS) is 11.4. The molecular formula is C14H13NO. The summed E-state index contributed by atoms with van der Waals surface area (Å²) in [5.41, 5.74) is 4.40. The van der Waals surface area contributed by atoms with Crippen LogP contribution in [0, 0.1) is 6.92 Å². The molecular weight excluding hydrogens is 198 g/mol. The molecule has 2 nitrogen and oxygen atoms in total. The third-order valence-corrected chi connectivity index (χ3v) is 3.22. The predicted octanol–water partition coefficient (Wildman–Crippen LogP) is 3.12. The molecule has 2 aromatic carbocycles. The number of aliphatic hydroxyl groups excluding tert-OH is 1. The van der Waals surface area contributed by atoms with Crippen LogP contribution in [-0.2, 0) is 6.61 Å². The highest BCUT2D eigenvalue weighted by Crippen LogP contribution is 2.28. The third-order valence-electron chi connectivity index (χ3n) is 3.22. The molecule has 0 aliphatic carbocycles. The Bertz CT molecular complexity index is 667. The molecule has 0 aliphatic heterocycles. The number of aryl methyl sites for hydroxylation is 1. The number of para-hydroxylation sites is 1. The quantitative estimate of drug-likeness (QED) is 0.637. The molecule has 80 valence electrons. The summed E-state index contributed by atoms with van der Waals surface area (Å²) in [6, 6.07) is 12.3. The molecule has 2 heteroatoms. The first-order valence-corrected chi connectivity index (χ1v) is 5.41. The van der Waals surface area contributed by atoms with Crippen molar-refractivity contribution < 1.29 is 5.11 Å². The molecule has 3 rings (SSSR count). The number of nitrogens with one attached hydrogen (secondary N) is 1. The number of aromatic nitrogens is 1. The van der Waals surface area contributed by atoms with Gasteiger partial charge in [0.15, 0.2) is 0 Å². The molecule has 0 fully saturated rings. The Balaban J connectivity index is 2.49. The van der Waals surface area contributed by atoms with Gasteiger partial charge >= 0.3 is 0 Å². The van der Waals surface area contributed by atoms with Crippen molar-refractivity contribution in [3.63, 3.8) is 0 Å². The van der Waals surface area contributed by atoms with E-state index in [0.29, 0.717) is 0 Å². The van der Waals surface area contributed by atoms with Crippen molar-refractivity contribution in [2.24, 2.45) is 0 Å². The fraction of sp³-hybridized carbons (Fsp3) is 0.143. The number of benzene rings is 2. The minimum absolute atomic E-state index is 0.0944. The van der Waals surface area contributed by atoms with Gasteiger partial charge in [0, 0.05) is 21.8 Å². The van der Waals surface area contributed by atoms with E-state index in [1.54, 1.807) is 0 Å². The molecule has 0 saturated carbocycles. The van der Waals surface area contributed by atoms with Gasteiger partial charge in [-0.15, -0.1) is 0 Å². The average molecular weight is 211 g/mol. The summed E-state index contributed by atoms with van der Waals surface area (Å²) in [4.78, 5) is 3.41. The van der Waals surface area contributed by atoms with E-state index in [1.165, 1.54) is 10.8 Å². The molecule has 0 atom stereocenters. The van der Waals surface area contributed by atoms with Crippen LogP contribution < -0.4 is 0 Å². The summed E-state index contributed by atoms with van der Waals surface area (Å²) in [5.74, 6) is 0. The fourth-order valence-corrected chi connectivity index (χ4v) is 2.27. The van der Waals surface area contributed by atoms with Crippen LogP contribution in [0.5, 0.6) is 0 Å². The highest BCUT2D eigenvalue weighted by atomic mass is 16.3. The van der Waals surface area contributed by atoms with Gasteiger partial charge < -0.3 is 10.1 Å². The van der Waals surface area contributed by atoms with E-state index in [-0.39, 0.29) is 6.61 Å². The maximum atomic E-state index is 9.24. The summed E-state index contributed by atoms with van der Waals surface area (Å²) in [6.45, 7) is 2.14. The van der Waals surface area contributed by atoms with Gasteiger partial charge in [-0.2, -0.15) is 0 Å². The second-order valence-corrected chi connectivity index (χ2v) is 4.10. The van der Waals surface area contributed by atoms with Crippen molar-refractivity contribution in [1.82, 2.24) is 4.98 Å². The van der Waals surface area contributed by atoms with Crippen molar-refractivity contribution in [2.45, 2.75) is 13.5 Å². The molecule has 0 spiro atoms. The lowest BCUT2D eigenvalue weighted by Gasteiger charge is -2.02. The highest BCUT2D eigenvalue weighted by Gasteiger charge is 2.07. The second-order valence-electron chi connectivity index (χ2n) is 4.10. The van der Waals surface area contributed by atoms with Gasteiger partial charge in [-0.25, -0.2) is 0 Å². The topological polar surface area (TPSA) is 36.0 Å². The molecule has 0 radical (unpaired) electrons. The standard InChI is InChI=1S/C14H13NO/c1-9-10(8-16)6-7-12-11-4-2-3-5-13(11)15-14(9)12/h2-7,15-16H,8H2,1H3. The van der Waals surface area contributed by atoms with E-state index in [9.17, 15) is 5.11 Å². The minimum Gasteiger partial charge on any atom is -0.392 e. The van der Waals surface area contributed by atoms with Crippen molar-refractivity contribution in [1.29, 1.82) is 0 Å². The molecule has 0 bridgehead atoms. The zero-order valence-corrected chi connectivity index (χ0v) is 9.12. The Morgan fingerprint density at radius 2 is 1.88 bits per heavy atom. The first-order chi connectivity index (χ1) is 7.81. The Morgan fingerprint density at radius 3 is 2.69 bits per heavy atom. The number of aromatic amines is 1. The van der Waals surface area contributed by atoms with E-state index in [1.807, 2.05) is 25.1 Å². The number of hydrogen-bond acceptors (Lipinski definition) is 1. The fourth-order valence-electron chi connectivity index (χ4n) is 2.27. The van der Waals surface area contributed by atoms with Gasteiger partial charge in [-0.1, -0.05) is 30.3 Å². The van der Waals surface area contributed by atoms with Gasteiger partial charge in [-0.3, -0.25) is 0 Å². The number of rotatable bonds is 1. The number of fused-ring (bicyclic) bond motifs is 3. The molecule has 0 unspecified atom stereocenters. The number of H-pyrrole nitrogens is 1. The van der Waals surface area contributed by atoms with Crippen molar-refractivity contribution >= 4 is 21.8 Å². The molecule has 3 aromatic rings. The lowest BCUT2D eigenvalue weighted by Crippen LogP contribution is -1.88. The van der Waals surface area contributed by atoms with Crippen LogP contribution in [-0.4, -0.2) is 10.1 Å². The summed E-state index contributed by atoms with van der Waals surface area (Å²) in [6.07, 6.45) is 0. The Morgan fingerprint density at radius 1 is 1.06 bits per heavy atom. The largest absolute Gasteiger partial charge is 0.392 e. The van der Waals surface area contributed by atoms with Gasteiger partial charge in [0.2, 0.25) is 0 Å². The monoisotopic (exact) mass is 211 g/mol. The van der Waals surface area contributed by atoms with Gasteiger partial charge in [0.1, 0.15) is 0 Å². The van der Waals surface area contributed by atoms with Crippen LogP contribution >= 0.6 is 0 Å². The zero-order chi connectivity index (χ0) is 11.1. The average Bonchev–Trinajstić information content (AvgIpc) is 2.69. The third kappa shape index (κ3) is 1.17. The van der Waals surface area contributed by atoms with E-state index in [0.717, 1.165) is 22.2 Å². The van der Waals surface area contributed by atoms with E-state index in [2.05, 4.69) is 23.2 Å². The van der Waals surface area contributed by atoms with E-state index in [4.69, 9.17) is 0 Å². The molecule has 1 aromatic heterocycles. The smallest absolute Gasteiger partial charge is 0.0685 e. The van der Waals surface area contributed by atoms with Crippen LogP contribution in [0.2, 0.25) is 0 Å². The molecule has 0 saturated heterocycles. The van der Waals surface area contributed by atoms with E-state index < -0.39 is 0 Å². The summed E-state index contributed by atoms with van der Waals surface area (Å²) in [7, 11) is 0. The van der Waals surface area contributed by atoms with Crippen LogP contribution in [0.3, 0.4) is 0 Å². The first-order valence-electron chi connectivity index (χ1n) is 5.41. The molecule has 0 aliphatic rings. The van der Waals surface area contributed by atoms with Crippen molar-refractivity contribution in [2.75, 3.05) is 0 Å². The predicted molar refractivity (Wildman–Crippen MR) is 66.5 cm³/mol. The second kappa shape index (κ2) is 3.35. The minimum atomic E-state index is 0.0944. The molecule has 0 amide bonds. The van der Waals surface area contributed by atoms with Crippen molar-refractivity contribution in [3.05, 3.63) is 47.5 Å². The van der Waals surface area contributed by atoms with Crippen LogP contribution in [0.25, 0.3) is 21.8 Å². The van der Waals surface area contributed by atoms with Gasteiger partial charge in [0.05, 0.1) is 6.61 Å². The summed E-state index contributed by atoms with van der Waals surface area (Å²) >= 11 is 0. The zero-order valence-electron chi connectivity index (χ0n) is 9.12. The van der Waals surface area contributed by atoms with Crippen molar-refractivity contribution in [3.8, 4) is 0 Å². The summed E-state index contributed by atoms with van der Waals surface area (Å²) in [5, 5.41) is 11.7. The maximum Gasteiger partial charge on any atom is 0.0685 e. The Hall–Kier alpha value is -1.80. The number of aliphatic hydroxyl groups is 1. The van der Waals surface area contributed by atoms with E-state index >= 15 is 0 Å². The lowest BCUT2D eigenvalue weighted by molar-refractivity contribution is 0.281. The SMILES string of the molecule is Cc1c(CO)ccc2c1[nH]c1ccccc12. The Labute approximate surface area is 93.5 Å².